The van der Waals surface area contributed by atoms with Gasteiger partial charge in [0.15, 0.2) is 5.69 Å². The van der Waals surface area contributed by atoms with Crippen molar-refractivity contribution in [3.05, 3.63) is 35.4 Å². The molecule has 1 amide bonds. The second-order valence-corrected chi connectivity index (χ2v) is 6.15. The Morgan fingerprint density at radius 3 is 2.80 bits per heavy atom. The number of hydrogen-bond acceptors (Lipinski definition) is 5. The second kappa shape index (κ2) is 5.71. The standard InChI is InChI=1S/C15H15F3N6O/c16-15(17,18)12-3-4-19-14(21-12)23-5-6-24-10(8-23)7-11(22-24)13(25)20-9-1-2-9/h3-4,7,9H,1-2,5-6,8H2,(H,20,25). The highest BCUT2D eigenvalue weighted by Gasteiger charge is 2.34. The van der Waals surface area contributed by atoms with Gasteiger partial charge in [0.25, 0.3) is 5.91 Å². The molecule has 25 heavy (non-hydrogen) atoms. The van der Waals surface area contributed by atoms with Crippen LogP contribution in [-0.2, 0) is 19.3 Å². The molecule has 1 aliphatic heterocycles. The van der Waals surface area contributed by atoms with Gasteiger partial charge >= 0.3 is 6.18 Å². The first kappa shape index (κ1) is 15.9. The fraction of sp³-hybridized carbons (Fsp3) is 0.467. The van der Waals surface area contributed by atoms with Gasteiger partial charge in [0.1, 0.15) is 5.69 Å². The van der Waals surface area contributed by atoms with E-state index in [4.69, 9.17) is 0 Å². The van der Waals surface area contributed by atoms with E-state index >= 15 is 0 Å². The molecule has 2 aliphatic rings. The van der Waals surface area contributed by atoms with Crippen LogP contribution in [0.5, 0.6) is 0 Å². The third-order valence-electron chi connectivity index (χ3n) is 4.16. The molecule has 1 N–H and O–H groups in total. The van der Waals surface area contributed by atoms with E-state index in [9.17, 15) is 18.0 Å². The van der Waals surface area contributed by atoms with Crippen LogP contribution in [-0.4, -0.2) is 38.2 Å². The summed E-state index contributed by atoms with van der Waals surface area (Å²) >= 11 is 0. The van der Waals surface area contributed by atoms with E-state index in [2.05, 4.69) is 20.4 Å². The summed E-state index contributed by atoms with van der Waals surface area (Å²) in [5.41, 5.74) is 0.100. The van der Waals surface area contributed by atoms with Crippen molar-refractivity contribution in [3.63, 3.8) is 0 Å². The lowest BCUT2D eigenvalue weighted by Gasteiger charge is -2.27. The first-order valence-electron chi connectivity index (χ1n) is 7.93. The minimum Gasteiger partial charge on any atom is -0.348 e. The van der Waals surface area contributed by atoms with Crippen molar-refractivity contribution in [2.45, 2.75) is 38.1 Å². The van der Waals surface area contributed by atoms with Crippen LogP contribution in [0.2, 0.25) is 0 Å². The number of carbonyl (C=O) groups is 1. The molecule has 0 unspecified atom stereocenters. The first-order chi connectivity index (χ1) is 11.9. The summed E-state index contributed by atoms with van der Waals surface area (Å²) in [7, 11) is 0. The number of amides is 1. The maximum atomic E-state index is 12.8. The predicted octanol–water partition coefficient (Wildman–Crippen LogP) is 1.60. The lowest BCUT2D eigenvalue weighted by Crippen LogP contribution is -2.35. The molecule has 7 nitrogen and oxygen atoms in total. The van der Waals surface area contributed by atoms with Crippen LogP contribution in [0, 0.1) is 0 Å². The molecule has 1 aliphatic carbocycles. The number of rotatable bonds is 3. The van der Waals surface area contributed by atoms with Gasteiger partial charge in [0.05, 0.1) is 18.8 Å². The summed E-state index contributed by atoms with van der Waals surface area (Å²) in [5.74, 6) is -0.197. The van der Waals surface area contributed by atoms with Crippen molar-refractivity contribution < 1.29 is 18.0 Å². The smallest absolute Gasteiger partial charge is 0.348 e. The predicted molar refractivity (Wildman–Crippen MR) is 80.8 cm³/mol. The lowest BCUT2D eigenvalue weighted by atomic mass is 10.3. The fourth-order valence-electron chi connectivity index (χ4n) is 2.69. The van der Waals surface area contributed by atoms with Crippen LogP contribution in [0.15, 0.2) is 18.3 Å². The zero-order valence-electron chi connectivity index (χ0n) is 13.1. The van der Waals surface area contributed by atoms with Crippen LogP contribution >= 0.6 is 0 Å². The monoisotopic (exact) mass is 352 g/mol. The molecular formula is C15H15F3N6O. The molecule has 0 saturated heterocycles. The lowest BCUT2D eigenvalue weighted by molar-refractivity contribution is -0.141. The van der Waals surface area contributed by atoms with Gasteiger partial charge in [-0.1, -0.05) is 0 Å². The summed E-state index contributed by atoms with van der Waals surface area (Å²) in [5, 5.41) is 7.14. The number of aromatic nitrogens is 4. The van der Waals surface area contributed by atoms with E-state index in [1.807, 2.05) is 0 Å². The maximum Gasteiger partial charge on any atom is 0.433 e. The first-order valence-corrected chi connectivity index (χ1v) is 7.93. The molecule has 0 radical (unpaired) electrons. The molecular weight excluding hydrogens is 337 g/mol. The minimum atomic E-state index is -4.51. The summed E-state index contributed by atoms with van der Waals surface area (Å²) in [6, 6.07) is 2.75. The van der Waals surface area contributed by atoms with Crippen molar-refractivity contribution in [1.82, 2.24) is 25.1 Å². The van der Waals surface area contributed by atoms with E-state index in [-0.39, 0.29) is 17.9 Å². The average molecular weight is 352 g/mol. The van der Waals surface area contributed by atoms with Gasteiger partial charge in [0, 0.05) is 18.8 Å². The Balaban J connectivity index is 1.53. The normalized spacial score (nSPS) is 17.3. The van der Waals surface area contributed by atoms with Crippen molar-refractivity contribution in [2.75, 3.05) is 11.4 Å². The van der Waals surface area contributed by atoms with E-state index in [0.717, 1.165) is 30.8 Å². The van der Waals surface area contributed by atoms with Crippen molar-refractivity contribution >= 4 is 11.9 Å². The fourth-order valence-corrected chi connectivity index (χ4v) is 2.69. The van der Waals surface area contributed by atoms with Crippen LogP contribution in [0.1, 0.15) is 34.7 Å². The summed E-state index contributed by atoms with van der Waals surface area (Å²) < 4.78 is 40.1. The Hall–Kier alpha value is -2.65. The average Bonchev–Trinajstić information content (AvgIpc) is 3.28. The van der Waals surface area contributed by atoms with Gasteiger partial charge in [-0.2, -0.15) is 18.3 Å². The van der Waals surface area contributed by atoms with Crippen molar-refractivity contribution in [3.8, 4) is 0 Å². The molecule has 0 spiro atoms. The quantitative estimate of drug-likeness (QED) is 0.908. The Morgan fingerprint density at radius 1 is 1.28 bits per heavy atom. The van der Waals surface area contributed by atoms with Crippen molar-refractivity contribution in [2.24, 2.45) is 0 Å². The van der Waals surface area contributed by atoms with E-state index in [1.165, 1.54) is 0 Å². The van der Waals surface area contributed by atoms with Crippen LogP contribution in [0.3, 0.4) is 0 Å². The van der Waals surface area contributed by atoms with E-state index < -0.39 is 11.9 Å². The highest BCUT2D eigenvalue weighted by Crippen LogP contribution is 2.29. The second-order valence-electron chi connectivity index (χ2n) is 6.15. The molecule has 0 aromatic carbocycles. The number of nitrogens with one attached hydrogen (secondary N) is 1. The topological polar surface area (TPSA) is 75.9 Å². The van der Waals surface area contributed by atoms with Gasteiger partial charge in [-0.05, 0) is 25.0 Å². The molecule has 2 aromatic rings. The molecule has 0 atom stereocenters. The number of anilines is 1. The molecule has 4 rings (SSSR count). The SMILES string of the molecule is O=C(NC1CC1)c1cc2n(n1)CCN(c1nccc(C(F)(F)F)n1)C2. The van der Waals surface area contributed by atoms with E-state index in [1.54, 1.807) is 15.6 Å². The Bertz CT molecular complexity index is 814. The summed E-state index contributed by atoms with van der Waals surface area (Å²) in [4.78, 5) is 21.3. The molecule has 132 valence electrons. The Labute approximate surface area is 140 Å². The number of hydrogen-bond donors (Lipinski definition) is 1. The van der Waals surface area contributed by atoms with Crippen LogP contribution in [0.4, 0.5) is 19.1 Å². The third kappa shape index (κ3) is 3.28. The molecule has 1 saturated carbocycles. The number of nitrogens with zero attached hydrogens (tertiary/aromatic N) is 5. The van der Waals surface area contributed by atoms with Gasteiger partial charge in [-0.15, -0.1) is 0 Å². The molecule has 3 heterocycles. The summed E-state index contributed by atoms with van der Waals surface area (Å²) in [6.07, 6.45) is -1.44. The van der Waals surface area contributed by atoms with Gasteiger partial charge in [0.2, 0.25) is 5.95 Å². The zero-order valence-corrected chi connectivity index (χ0v) is 13.1. The van der Waals surface area contributed by atoms with Gasteiger partial charge in [-0.25, -0.2) is 9.97 Å². The molecule has 2 aromatic heterocycles. The molecule has 1 fully saturated rings. The van der Waals surface area contributed by atoms with Gasteiger partial charge in [-0.3, -0.25) is 9.48 Å². The third-order valence-corrected chi connectivity index (χ3v) is 4.16. The zero-order chi connectivity index (χ0) is 17.6. The van der Waals surface area contributed by atoms with Gasteiger partial charge < -0.3 is 10.2 Å². The minimum absolute atomic E-state index is 0.0197. The molecule has 10 heteroatoms. The highest BCUT2D eigenvalue weighted by atomic mass is 19.4. The number of fused-ring (bicyclic) bond motifs is 1. The number of alkyl halides is 3. The maximum absolute atomic E-state index is 12.8. The number of halogens is 3. The highest BCUT2D eigenvalue weighted by molar-refractivity contribution is 5.92. The van der Waals surface area contributed by atoms with E-state index in [0.29, 0.717) is 25.3 Å². The van der Waals surface area contributed by atoms with Crippen molar-refractivity contribution in [1.29, 1.82) is 0 Å². The Kier molecular flexibility index (Phi) is 3.62. The summed E-state index contributed by atoms with van der Waals surface area (Å²) in [6.45, 7) is 1.16. The number of carbonyl (C=O) groups excluding carboxylic acids is 1. The molecule has 0 bridgehead atoms. The van der Waals surface area contributed by atoms with Crippen LogP contribution in [0.25, 0.3) is 0 Å². The largest absolute Gasteiger partial charge is 0.433 e. The Morgan fingerprint density at radius 2 is 2.08 bits per heavy atom. The van der Waals surface area contributed by atoms with Crippen LogP contribution < -0.4 is 10.2 Å².